The highest BCUT2D eigenvalue weighted by molar-refractivity contribution is 7.91. The van der Waals surface area contributed by atoms with Crippen molar-refractivity contribution in [1.29, 1.82) is 0 Å². The standard InChI is InChI=1S/C10H21NO3S/c1-8(2)9(6-12)5-11-10-3-4-15(13,14)7-10/h8-12H,3-7H2,1-2H3. The molecule has 0 amide bonds. The molecule has 0 aromatic heterocycles. The lowest BCUT2D eigenvalue weighted by Crippen LogP contribution is -2.36. The summed E-state index contributed by atoms with van der Waals surface area (Å²) in [4.78, 5) is 0. The molecule has 1 aliphatic heterocycles. The van der Waals surface area contributed by atoms with Gasteiger partial charge in [0.2, 0.25) is 0 Å². The summed E-state index contributed by atoms with van der Waals surface area (Å²) in [6, 6.07) is 0.0859. The number of nitrogens with one attached hydrogen (secondary N) is 1. The Balaban J connectivity index is 2.32. The summed E-state index contributed by atoms with van der Waals surface area (Å²) in [6.07, 6.45) is 0.707. The van der Waals surface area contributed by atoms with Crippen LogP contribution in [0.2, 0.25) is 0 Å². The summed E-state index contributed by atoms with van der Waals surface area (Å²) in [5.41, 5.74) is 0. The summed E-state index contributed by atoms with van der Waals surface area (Å²) in [6.45, 7) is 4.99. The number of sulfone groups is 1. The van der Waals surface area contributed by atoms with Crippen molar-refractivity contribution in [3.8, 4) is 0 Å². The topological polar surface area (TPSA) is 66.4 Å². The van der Waals surface area contributed by atoms with E-state index >= 15 is 0 Å². The van der Waals surface area contributed by atoms with Gasteiger partial charge in [-0.2, -0.15) is 0 Å². The fourth-order valence-corrected chi connectivity index (χ4v) is 3.49. The third kappa shape index (κ3) is 4.09. The van der Waals surface area contributed by atoms with Crippen molar-refractivity contribution in [3.63, 3.8) is 0 Å². The Morgan fingerprint density at radius 1 is 1.47 bits per heavy atom. The van der Waals surface area contributed by atoms with Crippen molar-refractivity contribution in [2.45, 2.75) is 26.3 Å². The summed E-state index contributed by atoms with van der Waals surface area (Å²) in [5, 5.41) is 12.3. The molecule has 4 nitrogen and oxygen atoms in total. The number of hydrogen-bond acceptors (Lipinski definition) is 4. The highest BCUT2D eigenvalue weighted by Crippen LogP contribution is 2.13. The Bertz CT molecular complexity index is 287. The molecule has 1 aliphatic rings. The fraction of sp³-hybridized carbons (Fsp3) is 1.00. The number of hydrogen-bond donors (Lipinski definition) is 2. The zero-order valence-electron chi connectivity index (χ0n) is 9.44. The lowest BCUT2D eigenvalue weighted by molar-refractivity contribution is 0.183. The summed E-state index contributed by atoms with van der Waals surface area (Å²) in [5.74, 6) is 1.19. The average Bonchev–Trinajstić information content (AvgIpc) is 2.46. The van der Waals surface area contributed by atoms with Crippen molar-refractivity contribution >= 4 is 9.84 Å². The maximum absolute atomic E-state index is 11.2. The van der Waals surface area contributed by atoms with Crippen LogP contribution >= 0.6 is 0 Å². The fourth-order valence-electron chi connectivity index (χ4n) is 1.79. The SMILES string of the molecule is CC(C)C(CO)CNC1CCS(=O)(=O)C1. The molecule has 2 N–H and O–H groups in total. The van der Waals surface area contributed by atoms with Gasteiger partial charge in [-0.15, -0.1) is 0 Å². The van der Waals surface area contributed by atoms with E-state index in [2.05, 4.69) is 19.2 Å². The molecule has 0 spiro atoms. The lowest BCUT2D eigenvalue weighted by atomic mass is 9.96. The van der Waals surface area contributed by atoms with Crippen LogP contribution in [-0.4, -0.2) is 44.2 Å². The van der Waals surface area contributed by atoms with Crippen LogP contribution in [0.3, 0.4) is 0 Å². The largest absolute Gasteiger partial charge is 0.396 e. The third-order valence-corrected chi connectivity index (χ3v) is 4.85. The molecule has 0 radical (unpaired) electrons. The minimum atomic E-state index is -2.80. The molecular formula is C10H21NO3S. The van der Waals surface area contributed by atoms with E-state index in [4.69, 9.17) is 5.11 Å². The molecule has 1 fully saturated rings. The maximum Gasteiger partial charge on any atom is 0.151 e. The molecule has 90 valence electrons. The molecule has 1 heterocycles. The second kappa shape index (κ2) is 5.27. The van der Waals surface area contributed by atoms with Crippen molar-refractivity contribution < 1.29 is 13.5 Å². The van der Waals surface area contributed by atoms with Gasteiger partial charge in [0.25, 0.3) is 0 Å². The molecule has 2 atom stereocenters. The molecule has 0 bridgehead atoms. The van der Waals surface area contributed by atoms with E-state index in [9.17, 15) is 8.42 Å². The van der Waals surface area contributed by atoms with E-state index in [0.29, 0.717) is 24.6 Å². The van der Waals surface area contributed by atoms with Crippen LogP contribution in [0.1, 0.15) is 20.3 Å². The lowest BCUT2D eigenvalue weighted by Gasteiger charge is -2.20. The highest BCUT2D eigenvalue weighted by Gasteiger charge is 2.28. The maximum atomic E-state index is 11.2. The molecule has 0 aliphatic carbocycles. The minimum Gasteiger partial charge on any atom is -0.396 e. The Morgan fingerprint density at radius 2 is 2.13 bits per heavy atom. The van der Waals surface area contributed by atoms with Crippen LogP contribution in [0.25, 0.3) is 0 Å². The zero-order chi connectivity index (χ0) is 11.5. The average molecular weight is 235 g/mol. The van der Waals surface area contributed by atoms with E-state index in [0.717, 1.165) is 0 Å². The first kappa shape index (κ1) is 12.9. The number of rotatable bonds is 5. The van der Waals surface area contributed by atoms with Gasteiger partial charge in [-0.1, -0.05) is 13.8 Å². The molecule has 15 heavy (non-hydrogen) atoms. The quantitative estimate of drug-likeness (QED) is 0.705. The molecule has 2 unspecified atom stereocenters. The minimum absolute atomic E-state index is 0.0859. The molecule has 1 saturated heterocycles. The van der Waals surface area contributed by atoms with Gasteiger partial charge in [-0.05, 0) is 18.3 Å². The first-order chi connectivity index (χ1) is 6.94. The molecular weight excluding hydrogens is 214 g/mol. The first-order valence-electron chi connectivity index (χ1n) is 5.49. The van der Waals surface area contributed by atoms with Crippen molar-refractivity contribution in [3.05, 3.63) is 0 Å². The zero-order valence-corrected chi connectivity index (χ0v) is 10.3. The summed E-state index contributed by atoms with van der Waals surface area (Å²) < 4.78 is 22.4. The third-order valence-electron chi connectivity index (χ3n) is 3.08. The molecule has 0 aromatic rings. The van der Waals surface area contributed by atoms with Crippen LogP contribution in [0.15, 0.2) is 0 Å². The van der Waals surface area contributed by atoms with Gasteiger partial charge in [0.05, 0.1) is 11.5 Å². The van der Waals surface area contributed by atoms with Crippen LogP contribution in [0, 0.1) is 11.8 Å². The normalized spacial score (nSPS) is 27.1. The highest BCUT2D eigenvalue weighted by atomic mass is 32.2. The second-order valence-electron chi connectivity index (χ2n) is 4.69. The smallest absolute Gasteiger partial charge is 0.151 e. The van der Waals surface area contributed by atoms with E-state index in [1.165, 1.54) is 0 Å². The van der Waals surface area contributed by atoms with Crippen LogP contribution in [-0.2, 0) is 9.84 Å². The van der Waals surface area contributed by atoms with Gasteiger partial charge in [0, 0.05) is 19.2 Å². The number of aliphatic hydroxyl groups excluding tert-OH is 1. The van der Waals surface area contributed by atoms with Crippen LogP contribution < -0.4 is 5.32 Å². The monoisotopic (exact) mass is 235 g/mol. The summed E-state index contributed by atoms with van der Waals surface area (Å²) in [7, 11) is -2.80. The van der Waals surface area contributed by atoms with Crippen molar-refractivity contribution in [1.82, 2.24) is 5.32 Å². The molecule has 0 aromatic carbocycles. The van der Waals surface area contributed by atoms with Gasteiger partial charge in [-0.3, -0.25) is 0 Å². The Labute approximate surface area is 92.0 Å². The predicted octanol–water partition coefficient (Wildman–Crippen LogP) is 0.0276. The Morgan fingerprint density at radius 3 is 2.53 bits per heavy atom. The molecule has 0 saturated carbocycles. The summed E-state index contributed by atoms with van der Waals surface area (Å²) >= 11 is 0. The van der Waals surface area contributed by atoms with Crippen LogP contribution in [0.4, 0.5) is 0 Å². The number of aliphatic hydroxyl groups is 1. The van der Waals surface area contributed by atoms with Crippen LogP contribution in [0.5, 0.6) is 0 Å². The molecule has 5 heteroatoms. The van der Waals surface area contributed by atoms with Gasteiger partial charge in [0.1, 0.15) is 0 Å². The van der Waals surface area contributed by atoms with E-state index < -0.39 is 9.84 Å². The van der Waals surface area contributed by atoms with Crippen molar-refractivity contribution in [2.75, 3.05) is 24.7 Å². The Hall–Kier alpha value is -0.130. The van der Waals surface area contributed by atoms with E-state index in [1.807, 2.05) is 0 Å². The molecule has 1 rings (SSSR count). The van der Waals surface area contributed by atoms with Gasteiger partial charge in [-0.25, -0.2) is 8.42 Å². The van der Waals surface area contributed by atoms with E-state index in [1.54, 1.807) is 0 Å². The predicted molar refractivity (Wildman–Crippen MR) is 60.5 cm³/mol. The van der Waals surface area contributed by atoms with E-state index in [-0.39, 0.29) is 24.3 Å². The Kier molecular flexibility index (Phi) is 4.55. The first-order valence-corrected chi connectivity index (χ1v) is 7.31. The van der Waals surface area contributed by atoms with Crippen molar-refractivity contribution in [2.24, 2.45) is 11.8 Å². The van der Waals surface area contributed by atoms with Gasteiger partial charge < -0.3 is 10.4 Å². The second-order valence-corrected chi connectivity index (χ2v) is 6.92. The van der Waals surface area contributed by atoms with Gasteiger partial charge >= 0.3 is 0 Å². The van der Waals surface area contributed by atoms with Gasteiger partial charge in [0.15, 0.2) is 9.84 Å².